The van der Waals surface area contributed by atoms with Crippen molar-refractivity contribution in [2.24, 2.45) is 0 Å². The predicted octanol–water partition coefficient (Wildman–Crippen LogP) is 2.63. The Kier molecular flexibility index (Phi) is 4.06. The number of carbonyl (C=O) groups excluding carboxylic acids is 1. The number of nitrogens with zero attached hydrogens (tertiary/aromatic N) is 4. The second-order valence-electron chi connectivity index (χ2n) is 5.62. The van der Waals surface area contributed by atoms with Gasteiger partial charge in [0, 0.05) is 43.1 Å². The molecule has 1 atom stereocenters. The first-order chi connectivity index (χ1) is 10.5. The lowest BCUT2D eigenvalue weighted by Gasteiger charge is -2.14. The summed E-state index contributed by atoms with van der Waals surface area (Å²) in [6.45, 7) is 7.02. The minimum atomic E-state index is 0.117. The van der Waals surface area contributed by atoms with Crippen molar-refractivity contribution in [3.63, 3.8) is 0 Å². The van der Waals surface area contributed by atoms with Crippen molar-refractivity contribution in [3.8, 4) is 0 Å². The van der Waals surface area contributed by atoms with Gasteiger partial charge in [0.05, 0.1) is 5.69 Å². The molecule has 3 heterocycles. The molecule has 1 fully saturated rings. The van der Waals surface area contributed by atoms with Gasteiger partial charge in [-0.25, -0.2) is 15.0 Å². The number of hydrogen-bond donors (Lipinski definition) is 1. The van der Waals surface area contributed by atoms with E-state index in [-0.39, 0.29) is 11.8 Å². The zero-order valence-corrected chi connectivity index (χ0v) is 13.8. The molecule has 3 rings (SSSR count). The highest BCUT2D eigenvalue weighted by Gasteiger charge is 2.27. The van der Waals surface area contributed by atoms with Crippen molar-refractivity contribution in [2.75, 3.05) is 18.4 Å². The highest BCUT2D eigenvalue weighted by atomic mass is 32.1. The first kappa shape index (κ1) is 14.9. The molecule has 0 saturated carbocycles. The average molecular weight is 317 g/mol. The van der Waals surface area contributed by atoms with Gasteiger partial charge >= 0.3 is 0 Å². The van der Waals surface area contributed by atoms with E-state index in [9.17, 15) is 4.79 Å². The molecule has 0 aromatic carbocycles. The van der Waals surface area contributed by atoms with E-state index in [1.165, 1.54) is 0 Å². The van der Waals surface area contributed by atoms with E-state index >= 15 is 0 Å². The van der Waals surface area contributed by atoms with Gasteiger partial charge in [-0.3, -0.25) is 4.79 Å². The molecule has 22 heavy (non-hydrogen) atoms. The maximum absolute atomic E-state index is 11.5. The van der Waals surface area contributed by atoms with Gasteiger partial charge < -0.3 is 10.2 Å². The molecule has 0 bridgehead atoms. The van der Waals surface area contributed by atoms with Gasteiger partial charge in [-0.1, -0.05) is 0 Å². The fourth-order valence-electron chi connectivity index (χ4n) is 2.62. The summed E-state index contributed by atoms with van der Waals surface area (Å²) in [5, 5.41) is 6.07. The molecule has 1 aliphatic rings. The molecule has 6 nitrogen and oxygen atoms in total. The molecule has 0 radical (unpaired) electrons. The summed E-state index contributed by atoms with van der Waals surface area (Å²) in [5.41, 5.74) is 1.91. The van der Waals surface area contributed by atoms with Crippen LogP contribution in [0.5, 0.6) is 0 Å². The number of aromatic nitrogens is 3. The van der Waals surface area contributed by atoms with Crippen molar-refractivity contribution in [1.82, 2.24) is 19.9 Å². The lowest BCUT2D eigenvalue weighted by molar-refractivity contribution is -0.127. The van der Waals surface area contributed by atoms with Gasteiger partial charge in [0.1, 0.15) is 11.6 Å². The molecule has 116 valence electrons. The van der Waals surface area contributed by atoms with Crippen LogP contribution >= 0.6 is 11.3 Å². The summed E-state index contributed by atoms with van der Waals surface area (Å²) >= 11 is 1.56. The van der Waals surface area contributed by atoms with Crippen LogP contribution < -0.4 is 5.32 Å². The number of anilines is 2. The van der Waals surface area contributed by atoms with Gasteiger partial charge in [0.25, 0.3) is 0 Å². The number of nitrogens with one attached hydrogen (secondary N) is 1. The monoisotopic (exact) mass is 317 g/mol. The summed E-state index contributed by atoms with van der Waals surface area (Å²) in [7, 11) is 0. The first-order valence-electron chi connectivity index (χ1n) is 7.31. The summed E-state index contributed by atoms with van der Waals surface area (Å²) in [5.74, 6) is 1.90. The topological polar surface area (TPSA) is 71.0 Å². The van der Waals surface area contributed by atoms with Crippen LogP contribution in [0.25, 0.3) is 0 Å². The standard InChI is InChI=1S/C15H19N5OS/c1-9-6-13(19-15-17-10(2)8-22-15)18-14(16-9)12-4-5-20(7-12)11(3)21/h6,8,12H,4-5,7H2,1-3H3,(H,16,17,18,19)/t12-/m1/s1. The maximum atomic E-state index is 11.5. The van der Waals surface area contributed by atoms with Gasteiger partial charge in [0.15, 0.2) is 5.13 Å². The quantitative estimate of drug-likeness (QED) is 0.942. The first-order valence-corrected chi connectivity index (χ1v) is 8.19. The molecule has 1 N–H and O–H groups in total. The molecule has 2 aromatic heterocycles. The number of rotatable bonds is 3. The minimum absolute atomic E-state index is 0.117. The molecule has 2 aromatic rings. The van der Waals surface area contributed by atoms with E-state index in [2.05, 4.69) is 20.3 Å². The Morgan fingerprint density at radius 3 is 2.77 bits per heavy atom. The summed E-state index contributed by atoms with van der Waals surface area (Å²) in [6, 6.07) is 1.91. The van der Waals surface area contributed by atoms with Gasteiger partial charge in [-0.05, 0) is 20.3 Å². The summed E-state index contributed by atoms with van der Waals surface area (Å²) in [6.07, 6.45) is 0.916. The number of carbonyl (C=O) groups is 1. The fourth-order valence-corrected chi connectivity index (χ4v) is 3.31. The predicted molar refractivity (Wildman–Crippen MR) is 86.5 cm³/mol. The summed E-state index contributed by atoms with van der Waals surface area (Å²) in [4.78, 5) is 26.9. The maximum Gasteiger partial charge on any atom is 0.219 e. The zero-order chi connectivity index (χ0) is 15.7. The molecule has 1 amide bonds. The summed E-state index contributed by atoms with van der Waals surface area (Å²) < 4.78 is 0. The van der Waals surface area contributed by atoms with E-state index in [1.54, 1.807) is 18.3 Å². The minimum Gasteiger partial charge on any atom is -0.342 e. The third-order valence-electron chi connectivity index (χ3n) is 3.72. The number of hydrogen-bond acceptors (Lipinski definition) is 6. The van der Waals surface area contributed by atoms with Crippen LogP contribution in [-0.2, 0) is 4.79 Å². The van der Waals surface area contributed by atoms with Crippen molar-refractivity contribution in [1.29, 1.82) is 0 Å². The van der Waals surface area contributed by atoms with Crippen molar-refractivity contribution >= 4 is 28.2 Å². The molecular formula is C15H19N5OS. The number of likely N-dealkylation sites (tertiary alicyclic amines) is 1. The molecular weight excluding hydrogens is 298 g/mol. The van der Waals surface area contributed by atoms with E-state index in [1.807, 2.05) is 30.2 Å². The number of thiazole rings is 1. The van der Waals surface area contributed by atoms with Crippen LogP contribution in [0.4, 0.5) is 10.9 Å². The molecule has 1 saturated heterocycles. The Hall–Kier alpha value is -2.02. The van der Waals surface area contributed by atoms with Gasteiger partial charge in [0.2, 0.25) is 5.91 Å². The molecule has 7 heteroatoms. The Balaban J connectivity index is 1.79. The number of amides is 1. The third kappa shape index (κ3) is 3.24. The van der Waals surface area contributed by atoms with E-state index in [0.717, 1.165) is 41.1 Å². The largest absolute Gasteiger partial charge is 0.342 e. The van der Waals surface area contributed by atoms with Crippen LogP contribution in [0.15, 0.2) is 11.4 Å². The third-order valence-corrected chi connectivity index (χ3v) is 4.60. The van der Waals surface area contributed by atoms with Crippen LogP contribution in [0, 0.1) is 13.8 Å². The van der Waals surface area contributed by atoms with Crippen molar-refractivity contribution in [2.45, 2.75) is 33.1 Å². The molecule has 0 aliphatic carbocycles. The normalized spacial score (nSPS) is 17.8. The van der Waals surface area contributed by atoms with Crippen molar-refractivity contribution in [3.05, 3.63) is 28.7 Å². The zero-order valence-electron chi connectivity index (χ0n) is 13.0. The fraction of sp³-hybridized carbons (Fsp3) is 0.467. The number of aryl methyl sites for hydroxylation is 2. The highest BCUT2D eigenvalue weighted by molar-refractivity contribution is 7.13. The van der Waals surface area contributed by atoms with Gasteiger partial charge in [-0.15, -0.1) is 11.3 Å². The van der Waals surface area contributed by atoms with Crippen LogP contribution in [0.3, 0.4) is 0 Å². The van der Waals surface area contributed by atoms with E-state index in [4.69, 9.17) is 0 Å². The molecule has 0 unspecified atom stereocenters. The Bertz CT molecular complexity index is 699. The Morgan fingerprint density at radius 2 is 2.14 bits per heavy atom. The lowest BCUT2D eigenvalue weighted by atomic mass is 10.1. The van der Waals surface area contributed by atoms with Crippen LogP contribution in [0.2, 0.25) is 0 Å². The second kappa shape index (κ2) is 6.00. The molecule has 1 aliphatic heterocycles. The smallest absolute Gasteiger partial charge is 0.219 e. The van der Waals surface area contributed by atoms with Crippen molar-refractivity contribution < 1.29 is 4.79 Å². The van der Waals surface area contributed by atoms with Crippen LogP contribution in [-0.4, -0.2) is 38.8 Å². The van der Waals surface area contributed by atoms with Gasteiger partial charge in [-0.2, -0.15) is 0 Å². The van der Waals surface area contributed by atoms with Crippen LogP contribution in [0.1, 0.15) is 36.5 Å². The average Bonchev–Trinajstić information content (AvgIpc) is 3.07. The van der Waals surface area contributed by atoms with E-state index < -0.39 is 0 Å². The highest BCUT2D eigenvalue weighted by Crippen LogP contribution is 2.27. The Morgan fingerprint density at radius 1 is 1.32 bits per heavy atom. The molecule has 0 spiro atoms. The Labute approximate surface area is 133 Å². The second-order valence-corrected chi connectivity index (χ2v) is 6.48. The van der Waals surface area contributed by atoms with E-state index in [0.29, 0.717) is 6.54 Å². The SMILES string of the molecule is CC(=O)N1CC[C@@H](c2nc(C)cc(Nc3nc(C)cs3)n2)C1. The lowest BCUT2D eigenvalue weighted by Crippen LogP contribution is -2.25.